The van der Waals surface area contributed by atoms with E-state index in [1.807, 2.05) is 43.3 Å². The number of halogens is 3. The Morgan fingerprint density at radius 1 is 1.08 bits per heavy atom. The largest absolute Gasteiger partial charge is 0.484 e. The summed E-state index contributed by atoms with van der Waals surface area (Å²) in [4.78, 5) is 29.2. The lowest BCUT2D eigenvalue weighted by Gasteiger charge is -2.17. The van der Waals surface area contributed by atoms with Crippen LogP contribution in [-0.2, 0) is 15.8 Å². The van der Waals surface area contributed by atoms with Crippen LogP contribution in [0.1, 0.15) is 11.1 Å². The third kappa shape index (κ3) is 6.53. The van der Waals surface area contributed by atoms with Crippen molar-refractivity contribution in [1.29, 1.82) is 0 Å². The van der Waals surface area contributed by atoms with Crippen LogP contribution < -0.4 is 19.9 Å². The lowest BCUT2D eigenvalue weighted by atomic mass is 10.2. The zero-order chi connectivity index (χ0) is 27.4. The zero-order valence-electron chi connectivity index (χ0n) is 20.3. The van der Waals surface area contributed by atoms with E-state index in [1.165, 1.54) is 28.8 Å². The van der Waals surface area contributed by atoms with Crippen molar-refractivity contribution < 1.29 is 27.5 Å². The third-order valence-electron chi connectivity index (χ3n) is 5.42. The van der Waals surface area contributed by atoms with Gasteiger partial charge in [-0.15, -0.1) is 0 Å². The van der Waals surface area contributed by atoms with Crippen LogP contribution in [0.5, 0.6) is 5.75 Å². The van der Waals surface area contributed by atoms with Crippen LogP contribution in [0.2, 0.25) is 0 Å². The van der Waals surface area contributed by atoms with E-state index in [0.717, 1.165) is 17.8 Å². The predicted octanol–water partition coefficient (Wildman–Crippen LogP) is 6.19. The maximum absolute atomic E-state index is 13.1. The summed E-state index contributed by atoms with van der Waals surface area (Å²) in [6.07, 6.45) is -2.83. The number of amides is 2. The topological polar surface area (TPSA) is 61.9 Å². The van der Waals surface area contributed by atoms with Crippen molar-refractivity contribution in [3.63, 3.8) is 0 Å². The Labute approximate surface area is 227 Å². The second-order valence-electron chi connectivity index (χ2n) is 8.42. The number of carbonyl (C=O) groups excluding carboxylic acids is 2. The van der Waals surface area contributed by atoms with Crippen molar-refractivity contribution in [2.45, 2.75) is 6.18 Å². The molecule has 11 heteroatoms. The van der Waals surface area contributed by atoms with Crippen molar-refractivity contribution in [2.75, 3.05) is 35.8 Å². The monoisotopic (exact) mass is 557 g/mol. The average molecular weight is 558 g/mol. The molecule has 0 spiro atoms. The standard InChI is InChI=1S/C27H22F3N3O3S2/c1-32(2)20-9-11-21(12-10-20)33-25(35)23(38-26(33)37)14-17-5-3-8-22(13-17)36-16-24(34)31-19-7-4-6-18(15-19)27(28,29)30/h3-15H,16H2,1-2H3,(H,31,34)/b23-14-. The fourth-order valence-electron chi connectivity index (χ4n) is 3.55. The molecular weight excluding hydrogens is 535 g/mol. The Balaban J connectivity index is 1.40. The molecule has 0 atom stereocenters. The number of thiocarbonyl (C=S) groups is 1. The normalized spacial score (nSPS) is 14.7. The number of hydrogen-bond acceptors (Lipinski definition) is 6. The number of hydrogen-bond donors (Lipinski definition) is 1. The molecule has 6 nitrogen and oxygen atoms in total. The summed E-state index contributed by atoms with van der Waals surface area (Å²) in [5.41, 5.74) is 1.48. The minimum atomic E-state index is -4.51. The van der Waals surface area contributed by atoms with Gasteiger partial charge in [-0.1, -0.05) is 42.2 Å². The number of rotatable bonds is 7. The first kappa shape index (κ1) is 27.2. The minimum absolute atomic E-state index is 0.0144. The highest BCUT2D eigenvalue weighted by atomic mass is 32.2. The first-order valence-corrected chi connectivity index (χ1v) is 12.5. The molecule has 1 fully saturated rings. The summed E-state index contributed by atoms with van der Waals surface area (Å²) >= 11 is 6.62. The SMILES string of the molecule is CN(C)c1ccc(N2C(=O)/C(=C/c3cccc(OCC(=O)Nc4cccc(C(F)(F)F)c4)c3)SC2=S)cc1. The molecule has 0 bridgehead atoms. The van der Waals surface area contributed by atoms with E-state index in [2.05, 4.69) is 5.32 Å². The van der Waals surface area contributed by atoms with E-state index >= 15 is 0 Å². The number of anilines is 3. The van der Waals surface area contributed by atoms with Crippen molar-refractivity contribution in [3.05, 3.63) is 88.8 Å². The molecule has 1 saturated heterocycles. The van der Waals surface area contributed by atoms with Gasteiger partial charge in [0, 0.05) is 25.5 Å². The van der Waals surface area contributed by atoms with Crippen molar-refractivity contribution in [2.24, 2.45) is 0 Å². The number of carbonyl (C=O) groups is 2. The number of nitrogens with zero attached hydrogens (tertiary/aromatic N) is 2. The molecule has 3 aromatic rings. The first-order valence-electron chi connectivity index (χ1n) is 11.3. The number of benzene rings is 3. The molecular formula is C27H22F3N3O3S2. The van der Waals surface area contributed by atoms with E-state index in [-0.39, 0.29) is 11.6 Å². The number of alkyl halides is 3. The molecule has 4 rings (SSSR count). The highest BCUT2D eigenvalue weighted by Crippen LogP contribution is 2.37. The molecule has 196 valence electrons. The van der Waals surface area contributed by atoms with Gasteiger partial charge in [-0.3, -0.25) is 14.5 Å². The van der Waals surface area contributed by atoms with Gasteiger partial charge in [0.2, 0.25) is 0 Å². The van der Waals surface area contributed by atoms with E-state index in [1.54, 1.807) is 30.3 Å². The molecule has 0 aromatic heterocycles. The third-order valence-corrected chi connectivity index (χ3v) is 6.72. The molecule has 1 aliphatic heterocycles. The quantitative estimate of drug-likeness (QED) is 0.276. The molecule has 1 aliphatic rings. The molecule has 1 heterocycles. The maximum atomic E-state index is 13.1. The average Bonchev–Trinajstić information content (AvgIpc) is 3.15. The Morgan fingerprint density at radius 3 is 2.47 bits per heavy atom. The fourth-order valence-corrected chi connectivity index (χ4v) is 4.85. The van der Waals surface area contributed by atoms with Gasteiger partial charge in [0.15, 0.2) is 10.9 Å². The van der Waals surface area contributed by atoms with E-state index < -0.39 is 24.3 Å². The van der Waals surface area contributed by atoms with Gasteiger partial charge in [-0.25, -0.2) is 0 Å². The first-order chi connectivity index (χ1) is 18.0. The summed E-state index contributed by atoms with van der Waals surface area (Å²) < 4.78 is 44.6. The zero-order valence-corrected chi connectivity index (χ0v) is 21.9. The summed E-state index contributed by atoms with van der Waals surface area (Å²) in [5.74, 6) is -0.507. The second kappa shape index (κ2) is 11.3. The van der Waals surface area contributed by atoms with Crippen LogP contribution in [0.3, 0.4) is 0 Å². The number of thioether (sulfide) groups is 1. The van der Waals surface area contributed by atoms with Crippen molar-refractivity contribution in [3.8, 4) is 5.75 Å². The van der Waals surface area contributed by atoms with Crippen molar-refractivity contribution >= 4 is 63.3 Å². The van der Waals surface area contributed by atoms with Crippen LogP contribution in [0.25, 0.3) is 6.08 Å². The summed E-state index contributed by atoms with van der Waals surface area (Å²) in [6, 6.07) is 18.6. The van der Waals surface area contributed by atoms with E-state index in [0.29, 0.717) is 26.2 Å². The van der Waals surface area contributed by atoms with E-state index in [4.69, 9.17) is 17.0 Å². The van der Waals surface area contributed by atoms with Crippen LogP contribution in [-0.4, -0.2) is 36.8 Å². The Kier molecular flexibility index (Phi) is 8.08. The molecule has 2 amide bonds. The predicted molar refractivity (Wildman–Crippen MR) is 148 cm³/mol. The van der Waals surface area contributed by atoms with Gasteiger partial charge < -0.3 is 15.0 Å². The van der Waals surface area contributed by atoms with Crippen molar-refractivity contribution in [1.82, 2.24) is 0 Å². The van der Waals surface area contributed by atoms with Crippen LogP contribution in [0.4, 0.5) is 30.2 Å². The minimum Gasteiger partial charge on any atom is -0.484 e. The summed E-state index contributed by atoms with van der Waals surface area (Å²) in [6.45, 7) is -0.412. The maximum Gasteiger partial charge on any atom is 0.416 e. The molecule has 1 N–H and O–H groups in total. The van der Waals surface area contributed by atoms with Crippen LogP contribution in [0.15, 0.2) is 77.7 Å². The van der Waals surface area contributed by atoms with Gasteiger partial charge >= 0.3 is 6.18 Å². The molecule has 0 unspecified atom stereocenters. The van der Waals surface area contributed by atoms with Crippen LogP contribution in [0, 0.1) is 0 Å². The smallest absolute Gasteiger partial charge is 0.416 e. The lowest BCUT2D eigenvalue weighted by molar-refractivity contribution is -0.137. The van der Waals surface area contributed by atoms with Gasteiger partial charge in [-0.05, 0) is 66.2 Å². The molecule has 38 heavy (non-hydrogen) atoms. The van der Waals surface area contributed by atoms with Gasteiger partial charge in [0.05, 0.1) is 16.2 Å². The second-order valence-corrected chi connectivity index (χ2v) is 10.1. The Bertz CT molecular complexity index is 1410. The summed E-state index contributed by atoms with van der Waals surface area (Å²) in [7, 11) is 3.86. The summed E-state index contributed by atoms with van der Waals surface area (Å²) in [5, 5.41) is 2.39. The van der Waals surface area contributed by atoms with Gasteiger partial charge in [-0.2, -0.15) is 13.2 Å². The van der Waals surface area contributed by atoms with E-state index in [9.17, 15) is 22.8 Å². The number of ether oxygens (including phenoxy) is 1. The Morgan fingerprint density at radius 2 is 1.79 bits per heavy atom. The molecule has 0 radical (unpaired) electrons. The van der Waals surface area contributed by atoms with Gasteiger partial charge in [0.25, 0.3) is 11.8 Å². The highest BCUT2D eigenvalue weighted by Gasteiger charge is 2.33. The van der Waals surface area contributed by atoms with Gasteiger partial charge in [0.1, 0.15) is 5.75 Å². The fraction of sp³-hybridized carbons (Fsp3) is 0.148. The van der Waals surface area contributed by atoms with Crippen LogP contribution >= 0.6 is 24.0 Å². The number of nitrogens with one attached hydrogen (secondary N) is 1. The molecule has 3 aromatic carbocycles. The lowest BCUT2D eigenvalue weighted by Crippen LogP contribution is -2.27. The molecule has 0 aliphatic carbocycles. The Hall–Kier alpha value is -3.83. The highest BCUT2D eigenvalue weighted by molar-refractivity contribution is 8.27. The molecule has 0 saturated carbocycles.